The number of nitrogens with two attached hydrogens (primary N) is 1. The van der Waals surface area contributed by atoms with Crippen LogP contribution in [0.2, 0.25) is 0 Å². The highest BCUT2D eigenvalue weighted by atomic mass is 19.1. The number of aryl methyl sites for hydroxylation is 2. The standard InChI is InChI=1S/C17H24FNO4/c18-10-2-4-13-8-6-12(7-9-13)3-1-5-14(16(20)21)11-15(19)17(22)23/h6-9,14-15H,1-5,10-11,19H2,(H,20,21)(H,22,23). The first-order chi connectivity index (χ1) is 10.9. The van der Waals surface area contributed by atoms with Crippen molar-refractivity contribution in [3.63, 3.8) is 0 Å². The van der Waals surface area contributed by atoms with E-state index in [4.69, 9.17) is 15.9 Å². The fourth-order valence-electron chi connectivity index (χ4n) is 2.45. The summed E-state index contributed by atoms with van der Waals surface area (Å²) in [5.74, 6) is -2.94. The molecule has 0 amide bonds. The van der Waals surface area contributed by atoms with Gasteiger partial charge in [0.05, 0.1) is 12.6 Å². The van der Waals surface area contributed by atoms with Crippen molar-refractivity contribution in [1.82, 2.24) is 0 Å². The molecule has 5 nitrogen and oxygen atoms in total. The van der Waals surface area contributed by atoms with E-state index in [1.54, 1.807) is 0 Å². The van der Waals surface area contributed by atoms with Gasteiger partial charge in [0.1, 0.15) is 6.04 Å². The lowest BCUT2D eigenvalue weighted by atomic mass is 9.93. The molecule has 0 bridgehead atoms. The lowest BCUT2D eigenvalue weighted by Crippen LogP contribution is -2.34. The highest BCUT2D eigenvalue weighted by Crippen LogP contribution is 2.17. The van der Waals surface area contributed by atoms with Gasteiger partial charge in [-0.1, -0.05) is 24.3 Å². The molecular formula is C17H24FNO4. The van der Waals surface area contributed by atoms with Gasteiger partial charge >= 0.3 is 11.9 Å². The van der Waals surface area contributed by atoms with Gasteiger partial charge in [-0.2, -0.15) is 0 Å². The smallest absolute Gasteiger partial charge is 0.320 e. The first-order valence-corrected chi connectivity index (χ1v) is 7.79. The third-order valence-electron chi connectivity index (χ3n) is 3.84. The van der Waals surface area contributed by atoms with E-state index < -0.39 is 23.9 Å². The van der Waals surface area contributed by atoms with E-state index in [0.29, 0.717) is 25.7 Å². The summed E-state index contributed by atoms with van der Waals surface area (Å²) in [6.45, 7) is -0.323. The van der Waals surface area contributed by atoms with Crippen molar-refractivity contribution < 1.29 is 24.2 Å². The van der Waals surface area contributed by atoms with Crippen molar-refractivity contribution >= 4 is 11.9 Å². The van der Waals surface area contributed by atoms with Crippen LogP contribution in [0.4, 0.5) is 4.39 Å². The van der Waals surface area contributed by atoms with Gasteiger partial charge in [-0.25, -0.2) is 0 Å². The molecule has 2 atom stereocenters. The van der Waals surface area contributed by atoms with Crippen LogP contribution < -0.4 is 5.73 Å². The first-order valence-electron chi connectivity index (χ1n) is 7.79. The maximum absolute atomic E-state index is 12.1. The molecule has 6 heteroatoms. The number of carboxylic acid groups (broad SMARTS) is 2. The van der Waals surface area contributed by atoms with Crippen LogP contribution in [0.5, 0.6) is 0 Å². The Hall–Kier alpha value is -1.95. The number of aliphatic carboxylic acids is 2. The Morgan fingerprint density at radius 2 is 1.52 bits per heavy atom. The Labute approximate surface area is 135 Å². The molecule has 0 aliphatic rings. The zero-order valence-corrected chi connectivity index (χ0v) is 13.1. The van der Waals surface area contributed by atoms with Gasteiger partial charge in [-0.05, 0) is 49.7 Å². The van der Waals surface area contributed by atoms with Crippen molar-refractivity contribution in [2.45, 2.75) is 44.6 Å². The molecule has 0 radical (unpaired) electrons. The molecular weight excluding hydrogens is 301 g/mol. The highest BCUT2D eigenvalue weighted by molar-refractivity contribution is 5.75. The van der Waals surface area contributed by atoms with Crippen molar-refractivity contribution in [3.05, 3.63) is 35.4 Å². The minimum absolute atomic E-state index is 0.0627. The molecule has 1 aromatic rings. The van der Waals surface area contributed by atoms with Gasteiger partial charge in [0.15, 0.2) is 0 Å². The monoisotopic (exact) mass is 325 g/mol. The van der Waals surface area contributed by atoms with Crippen LogP contribution in [0.3, 0.4) is 0 Å². The molecule has 23 heavy (non-hydrogen) atoms. The highest BCUT2D eigenvalue weighted by Gasteiger charge is 2.23. The molecule has 0 aliphatic carbocycles. The van der Waals surface area contributed by atoms with Gasteiger partial charge in [0, 0.05) is 0 Å². The molecule has 4 N–H and O–H groups in total. The van der Waals surface area contributed by atoms with Gasteiger partial charge in [0.2, 0.25) is 0 Å². The molecule has 0 heterocycles. The third kappa shape index (κ3) is 7.23. The number of alkyl halides is 1. The van der Waals surface area contributed by atoms with E-state index in [1.807, 2.05) is 24.3 Å². The minimum Gasteiger partial charge on any atom is -0.481 e. The third-order valence-corrected chi connectivity index (χ3v) is 3.84. The van der Waals surface area contributed by atoms with E-state index >= 15 is 0 Å². The number of halogens is 1. The van der Waals surface area contributed by atoms with Crippen LogP contribution in [0.1, 0.15) is 36.8 Å². The lowest BCUT2D eigenvalue weighted by molar-refractivity contribution is -0.143. The average Bonchev–Trinajstić information content (AvgIpc) is 2.52. The fourth-order valence-corrected chi connectivity index (χ4v) is 2.45. The Bertz CT molecular complexity index is 504. The van der Waals surface area contributed by atoms with Crippen LogP contribution in [0.25, 0.3) is 0 Å². The molecule has 0 spiro atoms. The number of hydrogen-bond donors (Lipinski definition) is 3. The molecule has 1 rings (SSSR count). The maximum Gasteiger partial charge on any atom is 0.320 e. The first kappa shape index (κ1) is 19.1. The molecule has 0 aromatic heterocycles. The number of hydrogen-bond acceptors (Lipinski definition) is 3. The molecule has 0 saturated heterocycles. The van der Waals surface area contributed by atoms with E-state index in [9.17, 15) is 14.0 Å². The summed E-state index contributed by atoms with van der Waals surface area (Å²) in [5.41, 5.74) is 7.57. The van der Waals surface area contributed by atoms with E-state index in [0.717, 1.165) is 17.5 Å². The Morgan fingerprint density at radius 1 is 1.00 bits per heavy atom. The van der Waals surface area contributed by atoms with Crippen molar-refractivity contribution in [1.29, 1.82) is 0 Å². The number of benzene rings is 1. The predicted octanol–water partition coefficient (Wildman–Crippen LogP) is 2.41. The summed E-state index contributed by atoms with van der Waals surface area (Å²) < 4.78 is 12.1. The molecule has 0 saturated carbocycles. The van der Waals surface area contributed by atoms with Gasteiger partial charge in [-0.15, -0.1) is 0 Å². The summed E-state index contributed by atoms with van der Waals surface area (Å²) in [6.07, 6.45) is 2.92. The van der Waals surface area contributed by atoms with Gasteiger partial charge in [-0.3, -0.25) is 14.0 Å². The maximum atomic E-state index is 12.1. The largest absolute Gasteiger partial charge is 0.481 e. The molecule has 0 fully saturated rings. The Balaban J connectivity index is 2.43. The zero-order valence-electron chi connectivity index (χ0n) is 13.1. The topological polar surface area (TPSA) is 101 Å². The normalized spacial score (nSPS) is 13.5. The quantitative estimate of drug-likeness (QED) is 0.580. The SMILES string of the molecule is NC(CC(CCCc1ccc(CCCF)cc1)C(=O)O)C(=O)O. The van der Waals surface area contributed by atoms with E-state index in [1.165, 1.54) is 0 Å². The second kappa shape index (κ2) is 9.94. The predicted molar refractivity (Wildman–Crippen MR) is 85.0 cm³/mol. The number of carboxylic acids is 2. The van der Waals surface area contributed by atoms with Crippen LogP contribution in [-0.4, -0.2) is 34.9 Å². The number of carbonyl (C=O) groups is 2. The Kier molecular flexibility index (Phi) is 8.26. The Morgan fingerprint density at radius 3 is 1.96 bits per heavy atom. The van der Waals surface area contributed by atoms with Crippen molar-refractivity contribution in [3.8, 4) is 0 Å². The van der Waals surface area contributed by atoms with Crippen molar-refractivity contribution in [2.75, 3.05) is 6.67 Å². The molecule has 1 aromatic carbocycles. The van der Waals surface area contributed by atoms with Crippen LogP contribution >= 0.6 is 0 Å². The van der Waals surface area contributed by atoms with Crippen LogP contribution in [0.15, 0.2) is 24.3 Å². The second-order valence-electron chi connectivity index (χ2n) is 5.72. The fraction of sp³-hybridized carbons (Fsp3) is 0.529. The summed E-state index contributed by atoms with van der Waals surface area (Å²) in [4.78, 5) is 21.9. The van der Waals surface area contributed by atoms with Crippen molar-refractivity contribution in [2.24, 2.45) is 11.7 Å². The molecule has 0 aliphatic heterocycles. The summed E-state index contributed by atoms with van der Waals surface area (Å²) in [7, 11) is 0. The van der Waals surface area contributed by atoms with E-state index in [2.05, 4.69) is 0 Å². The summed E-state index contributed by atoms with van der Waals surface area (Å²) in [6, 6.07) is 6.70. The second-order valence-corrected chi connectivity index (χ2v) is 5.72. The average molecular weight is 325 g/mol. The van der Waals surface area contributed by atoms with Crippen LogP contribution in [-0.2, 0) is 22.4 Å². The minimum atomic E-state index is -1.18. The van der Waals surface area contributed by atoms with E-state index in [-0.39, 0.29) is 13.1 Å². The summed E-state index contributed by atoms with van der Waals surface area (Å²) in [5, 5.41) is 17.9. The van der Waals surface area contributed by atoms with Gasteiger partial charge < -0.3 is 15.9 Å². The zero-order chi connectivity index (χ0) is 17.2. The lowest BCUT2D eigenvalue weighted by Gasteiger charge is -2.14. The van der Waals surface area contributed by atoms with Crippen LogP contribution in [0, 0.1) is 5.92 Å². The van der Waals surface area contributed by atoms with Gasteiger partial charge in [0.25, 0.3) is 0 Å². The molecule has 2 unspecified atom stereocenters. The summed E-state index contributed by atoms with van der Waals surface area (Å²) >= 11 is 0. The molecule has 128 valence electrons. The number of rotatable bonds is 11.